The first-order chi connectivity index (χ1) is 3.43. The Hall–Kier alpha value is -0.830. The van der Waals surface area contributed by atoms with Gasteiger partial charge in [-0.15, -0.1) is 0 Å². The minimum atomic E-state index is 0.545. The van der Waals surface area contributed by atoms with E-state index < -0.39 is 0 Å². The molecule has 1 rings (SSSR count). The highest BCUT2D eigenvalue weighted by molar-refractivity contribution is 4.54. The van der Waals surface area contributed by atoms with E-state index in [1.54, 1.807) is 6.33 Å². The van der Waals surface area contributed by atoms with Gasteiger partial charge in [-0.05, 0) is 0 Å². The summed E-state index contributed by atoms with van der Waals surface area (Å²) in [6.45, 7) is 0.545. The lowest BCUT2D eigenvalue weighted by molar-refractivity contribution is -0.694. The molecule has 3 nitrogen and oxygen atoms in total. The molecule has 7 heavy (non-hydrogen) atoms. The van der Waals surface area contributed by atoms with Crippen molar-refractivity contribution in [2.24, 2.45) is 5.73 Å². The number of rotatable bonds is 1. The molecule has 0 spiro atoms. The SMILES string of the molecule is NC[n+]1cc[nH]c1. The fraction of sp³-hybridized carbons (Fsp3) is 0.250. The summed E-state index contributed by atoms with van der Waals surface area (Å²) < 4.78 is 1.85. The largest absolute Gasteiger partial charge is 0.295 e. The molecule has 0 aliphatic carbocycles. The maximum absolute atomic E-state index is 5.24. The minimum absolute atomic E-state index is 0.545. The Kier molecular flexibility index (Phi) is 1.08. The van der Waals surface area contributed by atoms with Gasteiger partial charge in [-0.1, -0.05) is 0 Å². The minimum Gasteiger partial charge on any atom is -0.295 e. The standard InChI is InChI=1S/C4H7N3/c5-3-7-2-1-6-4-7/h1-2,4H,3,5H2/p+1. The quantitative estimate of drug-likeness (QED) is 0.445. The van der Waals surface area contributed by atoms with Gasteiger partial charge in [0, 0.05) is 0 Å². The van der Waals surface area contributed by atoms with Crippen LogP contribution in [0.3, 0.4) is 0 Å². The number of aromatic amines is 1. The van der Waals surface area contributed by atoms with E-state index in [4.69, 9.17) is 5.73 Å². The highest BCUT2D eigenvalue weighted by atomic mass is 15.1. The summed E-state index contributed by atoms with van der Waals surface area (Å²) >= 11 is 0. The number of nitrogens with zero attached hydrogens (tertiary/aromatic N) is 1. The molecule has 0 atom stereocenters. The van der Waals surface area contributed by atoms with Crippen LogP contribution in [0.4, 0.5) is 0 Å². The molecular weight excluding hydrogens is 90.1 g/mol. The monoisotopic (exact) mass is 98.1 g/mol. The molecule has 3 N–H and O–H groups in total. The molecule has 1 heterocycles. The Labute approximate surface area is 41.8 Å². The van der Waals surface area contributed by atoms with Crippen LogP contribution in [0.25, 0.3) is 0 Å². The summed E-state index contributed by atoms with van der Waals surface area (Å²) in [5, 5.41) is 0. The van der Waals surface area contributed by atoms with Crippen LogP contribution in [-0.2, 0) is 6.67 Å². The van der Waals surface area contributed by atoms with Crippen molar-refractivity contribution in [2.75, 3.05) is 0 Å². The van der Waals surface area contributed by atoms with Gasteiger partial charge < -0.3 is 0 Å². The first-order valence-corrected chi connectivity index (χ1v) is 2.15. The van der Waals surface area contributed by atoms with Gasteiger partial charge in [-0.3, -0.25) is 10.7 Å². The fourth-order valence-corrected chi connectivity index (χ4v) is 0.434. The van der Waals surface area contributed by atoms with Crippen molar-refractivity contribution >= 4 is 0 Å². The lowest BCUT2D eigenvalue weighted by atomic mass is 10.9. The van der Waals surface area contributed by atoms with Crippen molar-refractivity contribution in [1.82, 2.24) is 4.98 Å². The van der Waals surface area contributed by atoms with Gasteiger partial charge >= 0.3 is 0 Å². The summed E-state index contributed by atoms with van der Waals surface area (Å²) in [5.74, 6) is 0. The predicted molar refractivity (Wildman–Crippen MR) is 25.2 cm³/mol. The van der Waals surface area contributed by atoms with Crippen LogP contribution in [-0.4, -0.2) is 4.98 Å². The lowest BCUT2D eigenvalue weighted by Gasteiger charge is -1.79. The second-order valence-corrected chi connectivity index (χ2v) is 1.31. The summed E-state index contributed by atoms with van der Waals surface area (Å²) in [4.78, 5) is 2.86. The topological polar surface area (TPSA) is 45.7 Å². The Morgan fingerprint density at radius 1 is 1.71 bits per heavy atom. The van der Waals surface area contributed by atoms with Crippen LogP contribution in [0.2, 0.25) is 0 Å². The van der Waals surface area contributed by atoms with Crippen LogP contribution in [0.5, 0.6) is 0 Å². The smallest absolute Gasteiger partial charge is 0.242 e. The molecule has 38 valence electrons. The Balaban J connectivity index is 2.76. The first kappa shape index (κ1) is 4.33. The van der Waals surface area contributed by atoms with Crippen LogP contribution in [0.15, 0.2) is 18.7 Å². The van der Waals surface area contributed by atoms with Crippen LogP contribution >= 0.6 is 0 Å². The van der Waals surface area contributed by atoms with E-state index in [1.807, 2.05) is 17.0 Å². The van der Waals surface area contributed by atoms with E-state index in [-0.39, 0.29) is 0 Å². The zero-order valence-electron chi connectivity index (χ0n) is 3.96. The molecule has 0 saturated carbocycles. The molecule has 1 aromatic heterocycles. The summed E-state index contributed by atoms with van der Waals surface area (Å²) in [5.41, 5.74) is 5.24. The average Bonchev–Trinajstić information content (AvgIpc) is 2.14. The number of H-pyrrole nitrogens is 1. The molecule has 0 amide bonds. The third-order valence-electron chi connectivity index (χ3n) is 0.813. The molecule has 0 saturated heterocycles. The third kappa shape index (κ3) is 0.778. The Morgan fingerprint density at radius 3 is 2.86 bits per heavy atom. The third-order valence-corrected chi connectivity index (χ3v) is 0.813. The predicted octanol–water partition coefficient (Wildman–Crippen LogP) is -0.782. The summed E-state index contributed by atoms with van der Waals surface area (Å²) in [6.07, 6.45) is 5.51. The van der Waals surface area contributed by atoms with E-state index in [9.17, 15) is 0 Å². The number of aromatic nitrogens is 2. The highest BCUT2D eigenvalue weighted by Crippen LogP contribution is 1.62. The molecule has 0 fully saturated rings. The zero-order valence-corrected chi connectivity index (χ0v) is 3.96. The molecule has 0 radical (unpaired) electrons. The maximum Gasteiger partial charge on any atom is 0.242 e. The van der Waals surface area contributed by atoms with Crippen molar-refractivity contribution in [3.63, 3.8) is 0 Å². The summed E-state index contributed by atoms with van der Waals surface area (Å²) in [7, 11) is 0. The number of nitrogens with two attached hydrogens (primary N) is 1. The molecule has 0 aromatic carbocycles. The second kappa shape index (κ2) is 1.75. The van der Waals surface area contributed by atoms with Crippen molar-refractivity contribution in [3.8, 4) is 0 Å². The summed E-state index contributed by atoms with van der Waals surface area (Å²) in [6, 6.07) is 0. The first-order valence-electron chi connectivity index (χ1n) is 2.15. The molecule has 3 heteroatoms. The van der Waals surface area contributed by atoms with E-state index >= 15 is 0 Å². The molecule has 0 unspecified atom stereocenters. The lowest BCUT2D eigenvalue weighted by Crippen LogP contribution is -2.35. The number of imidazole rings is 1. The van der Waals surface area contributed by atoms with Crippen molar-refractivity contribution < 1.29 is 4.57 Å². The van der Waals surface area contributed by atoms with E-state index in [1.165, 1.54) is 0 Å². The fourth-order valence-electron chi connectivity index (χ4n) is 0.434. The van der Waals surface area contributed by atoms with Crippen LogP contribution in [0, 0.1) is 0 Å². The molecule has 0 aliphatic rings. The molecule has 0 bridgehead atoms. The van der Waals surface area contributed by atoms with Gasteiger partial charge in [0.25, 0.3) is 0 Å². The van der Waals surface area contributed by atoms with E-state index in [2.05, 4.69) is 4.98 Å². The van der Waals surface area contributed by atoms with Gasteiger partial charge in [0.1, 0.15) is 19.1 Å². The number of hydrogen-bond acceptors (Lipinski definition) is 1. The van der Waals surface area contributed by atoms with Gasteiger partial charge in [-0.25, -0.2) is 4.57 Å². The Bertz CT molecular complexity index is 121. The Morgan fingerprint density at radius 2 is 2.57 bits per heavy atom. The highest BCUT2D eigenvalue weighted by Gasteiger charge is 1.85. The zero-order chi connectivity index (χ0) is 5.11. The van der Waals surface area contributed by atoms with Crippen LogP contribution in [0.1, 0.15) is 0 Å². The van der Waals surface area contributed by atoms with Gasteiger partial charge in [0.05, 0.1) is 0 Å². The van der Waals surface area contributed by atoms with Crippen molar-refractivity contribution in [2.45, 2.75) is 6.67 Å². The molecule has 0 aliphatic heterocycles. The second-order valence-electron chi connectivity index (χ2n) is 1.31. The van der Waals surface area contributed by atoms with Crippen molar-refractivity contribution in [3.05, 3.63) is 18.7 Å². The average molecular weight is 98.1 g/mol. The van der Waals surface area contributed by atoms with E-state index in [0.717, 1.165) is 0 Å². The van der Waals surface area contributed by atoms with Gasteiger partial charge in [-0.2, -0.15) is 0 Å². The van der Waals surface area contributed by atoms with Gasteiger partial charge in [0.15, 0.2) is 0 Å². The number of nitrogens with one attached hydrogen (secondary N) is 1. The molecular formula is C4H8N3+. The number of hydrogen-bond donors (Lipinski definition) is 2. The maximum atomic E-state index is 5.24. The van der Waals surface area contributed by atoms with Crippen LogP contribution < -0.4 is 10.3 Å². The van der Waals surface area contributed by atoms with Crippen molar-refractivity contribution in [1.29, 1.82) is 0 Å². The molecule has 1 aromatic rings. The normalized spacial score (nSPS) is 9.29. The van der Waals surface area contributed by atoms with Gasteiger partial charge in [0.2, 0.25) is 6.33 Å². The van der Waals surface area contributed by atoms with E-state index in [0.29, 0.717) is 6.67 Å².